The zero-order chi connectivity index (χ0) is 10.8. The lowest BCUT2D eigenvalue weighted by molar-refractivity contribution is 0.282. The third kappa shape index (κ3) is 2.07. The van der Waals surface area contributed by atoms with Crippen molar-refractivity contribution in [3.8, 4) is 11.1 Å². The maximum atomic E-state index is 9.12. The second kappa shape index (κ2) is 3.87. The molecule has 0 atom stereocenters. The number of hydrogen-bond donors (Lipinski definition) is 1. The van der Waals surface area contributed by atoms with Gasteiger partial charge in [0, 0.05) is 18.8 Å². The maximum absolute atomic E-state index is 9.12. The van der Waals surface area contributed by atoms with Crippen molar-refractivity contribution in [2.24, 2.45) is 7.05 Å². The minimum atomic E-state index is 0.0783. The highest BCUT2D eigenvalue weighted by atomic mass is 16.3. The van der Waals surface area contributed by atoms with Gasteiger partial charge in [0.25, 0.3) is 0 Å². The molecule has 0 aliphatic carbocycles. The summed E-state index contributed by atoms with van der Waals surface area (Å²) < 4.78 is 1.77. The van der Waals surface area contributed by atoms with Crippen LogP contribution >= 0.6 is 0 Å². The van der Waals surface area contributed by atoms with Crippen LogP contribution in [-0.4, -0.2) is 14.9 Å². The maximum Gasteiger partial charge on any atom is 0.0682 e. The average molecular weight is 202 g/mol. The van der Waals surface area contributed by atoms with Crippen LogP contribution in [0.2, 0.25) is 0 Å². The van der Waals surface area contributed by atoms with Gasteiger partial charge in [-0.25, -0.2) is 0 Å². The van der Waals surface area contributed by atoms with E-state index >= 15 is 0 Å². The van der Waals surface area contributed by atoms with Crippen LogP contribution in [0.5, 0.6) is 0 Å². The van der Waals surface area contributed by atoms with Crippen LogP contribution in [0, 0.1) is 6.92 Å². The summed E-state index contributed by atoms with van der Waals surface area (Å²) in [5, 5.41) is 13.3. The van der Waals surface area contributed by atoms with E-state index < -0.39 is 0 Å². The summed E-state index contributed by atoms with van der Waals surface area (Å²) in [7, 11) is 1.90. The van der Waals surface area contributed by atoms with Crippen molar-refractivity contribution in [1.82, 2.24) is 9.78 Å². The van der Waals surface area contributed by atoms with Crippen LogP contribution in [0.25, 0.3) is 11.1 Å². The lowest BCUT2D eigenvalue weighted by Crippen LogP contribution is -1.87. The molecule has 0 saturated heterocycles. The van der Waals surface area contributed by atoms with Crippen LogP contribution in [0.4, 0.5) is 0 Å². The van der Waals surface area contributed by atoms with Crippen molar-refractivity contribution in [3.63, 3.8) is 0 Å². The highest BCUT2D eigenvalue weighted by Crippen LogP contribution is 2.21. The van der Waals surface area contributed by atoms with Crippen LogP contribution in [0.1, 0.15) is 11.1 Å². The summed E-state index contributed by atoms with van der Waals surface area (Å²) in [6.45, 7) is 2.11. The van der Waals surface area contributed by atoms with Gasteiger partial charge in [-0.15, -0.1) is 0 Å². The minimum Gasteiger partial charge on any atom is -0.392 e. The van der Waals surface area contributed by atoms with Crippen LogP contribution in [-0.2, 0) is 13.7 Å². The lowest BCUT2D eigenvalue weighted by Gasteiger charge is -2.03. The molecular weight excluding hydrogens is 188 g/mol. The predicted molar refractivity (Wildman–Crippen MR) is 59.3 cm³/mol. The number of aromatic nitrogens is 2. The smallest absolute Gasteiger partial charge is 0.0682 e. The molecule has 0 aliphatic heterocycles. The Morgan fingerprint density at radius 2 is 2.07 bits per heavy atom. The predicted octanol–water partition coefficient (Wildman–Crippen LogP) is 1.89. The first-order chi connectivity index (χ1) is 7.19. The normalized spacial score (nSPS) is 10.6. The Labute approximate surface area is 89.0 Å². The zero-order valence-corrected chi connectivity index (χ0v) is 8.94. The van der Waals surface area contributed by atoms with Crippen molar-refractivity contribution in [2.45, 2.75) is 13.5 Å². The molecule has 2 aromatic rings. The summed E-state index contributed by atoms with van der Waals surface area (Å²) in [4.78, 5) is 0. The number of nitrogens with zero attached hydrogens (tertiary/aromatic N) is 2. The first-order valence-corrected chi connectivity index (χ1v) is 4.89. The van der Waals surface area contributed by atoms with E-state index in [0.29, 0.717) is 0 Å². The molecule has 2 rings (SSSR count). The molecule has 3 heteroatoms. The molecule has 1 N–H and O–H groups in total. The van der Waals surface area contributed by atoms with E-state index in [1.807, 2.05) is 38.5 Å². The summed E-state index contributed by atoms with van der Waals surface area (Å²) in [6, 6.07) is 6.07. The quantitative estimate of drug-likeness (QED) is 0.807. The molecule has 1 aromatic heterocycles. The summed E-state index contributed by atoms with van der Waals surface area (Å²) in [5.41, 5.74) is 4.28. The van der Waals surface area contributed by atoms with Gasteiger partial charge in [0.2, 0.25) is 0 Å². The topological polar surface area (TPSA) is 38.1 Å². The molecule has 15 heavy (non-hydrogen) atoms. The van der Waals surface area contributed by atoms with Gasteiger partial charge in [-0.05, 0) is 24.1 Å². The standard InChI is InChI=1S/C12H14N2O/c1-9-3-10(8-15)5-11(4-9)12-6-13-14(2)7-12/h3-7,15H,8H2,1-2H3. The molecule has 78 valence electrons. The Balaban J connectivity index is 2.48. The van der Waals surface area contributed by atoms with E-state index in [-0.39, 0.29) is 6.61 Å². The number of benzene rings is 1. The largest absolute Gasteiger partial charge is 0.392 e. The Kier molecular flexibility index (Phi) is 2.56. The van der Waals surface area contributed by atoms with Crippen LogP contribution in [0.15, 0.2) is 30.6 Å². The van der Waals surface area contributed by atoms with Crippen molar-refractivity contribution < 1.29 is 5.11 Å². The highest BCUT2D eigenvalue weighted by Gasteiger charge is 2.02. The molecule has 0 radical (unpaired) electrons. The zero-order valence-electron chi connectivity index (χ0n) is 8.94. The van der Waals surface area contributed by atoms with Crippen LogP contribution < -0.4 is 0 Å². The van der Waals surface area contributed by atoms with E-state index in [0.717, 1.165) is 22.3 Å². The number of hydrogen-bond acceptors (Lipinski definition) is 2. The van der Waals surface area contributed by atoms with Gasteiger partial charge in [-0.1, -0.05) is 17.7 Å². The third-order valence-corrected chi connectivity index (χ3v) is 2.36. The van der Waals surface area contributed by atoms with Gasteiger partial charge in [0.05, 0.1) is 12.8 Å². The Morgan fingerprint density at radius 3 is 2.67 bits per heavy atom. The fourth-order valence-electron chi connectivity index (χ4n) is 1.69. The molecule has 1 heterocycles. The van der Waals surface area contributed by atoms with Crippen molar-refractivity contribution in [3.05, 3.63) is 41.7 Å². The van der Waals surface area contributed by atoms with Crippen molar-refractivity contribution >= 4 is 0 Å². The second-order valence-corrected chi connectivity index (χ2v) is 3.77. The highest BCUT2D eigenvalue weighted by molar-refractivity contribution is 5.63. The summed E-state index contributed by atoms with van der Waals surface area (Å²) in [6.07, 6.45) is 3.80. The first-order valence-electron chi connectivity index (χ1n) is 4.89. The molecule has 0 fully saturated rings. The summed E-state index contributed by atoms with van der Waals surface area (Å²) >= 11 is 0. The van der Waals surface area contributed by atoms with Gasteiger partial charge >= 0.3 is 0 Å². The van der Waals surface area contributed by atoms with Crippen LogP contribution in [0.3, 0.4) is 0 Å². The average Bonchev–Trinajstić information content (AvgIpc) is 2.64. The second-order valence-electron chi connectivity index (χ2n) is 3.77. The molecule has 0 amide bonds. The molecule has 1 aromatic carbocycles. The molecule has 3 nitrogen and oxygen atoms in total. The van der Waals surface area contributed by atoms with E-state index in [4.69, 9.17) is 5.11 Å². The number of aliphatic hydroxyl groups is 1. The van der Waals surface area contributed by atoms with Crippen molar-refractivity contribution in [2.75, 3.05) is 0 Å². The third-order valence-electron chi connectivity index (χ3n) is 2.36. The minimum absolute atomic E-state index is 0.0783. The molecular formula is C12H14N2O. The van der Waals surface area contributed by atoms with E-state index in [1.165, 1.54) is 0 Å². The Bertz CT molecular complexity index is 474. The lowest BCUT2D eigenvalue weighted by atomic mass is 10.0. The van der Waals surface area contributed by atoms with Gasteiger partial charge < -0.3 is 5.11 Å². The number of aryl methyl sites for hydroxylation is 2. The van der Waals surface area contributed by atoms with Gasteiger partial charge in [0.1, 0.15) is 0 Å². The molecule has 0 unspecified atom stereocenters. The molecule has 0 spiro atoms. The first kappa shape index (κ1) is 9.93. The monoisotopic (exact) mass is 202 g/mol. The Morgan fingerprint density at radius 1 is 1.27 bits per heavy atom. The SMILES string of the molecule is Cc1cc(CO)cc(-c2cnn(C)c2)c1. The molecule has 0 saturated carbocycles. The number of aliphatic hydroxyl groups excluding tert-OH is 1. The van der Waals surface area contributed by atoms with Crippen molar-refractivity contribution in [1.29, 1.82) is 0 Å². The molecule has 0 bridgehead atoms. The molecule has 0 aliphatic rings. The van der Waals surface area contributed by atoms with E-state index in [2.05, 4.69) is 11.2 Å². The Hall–Kier alpha value is -1.61. The summed E-state index contributed by atoms with van der Waals surface area (Å²) in [5.74, 6) is 0. The van der Waals surface area contributed by atoms with Gasteiger partial charge in [0.15, 0.2) is 0 Å². The number of rotatable bonds is 2. The fourth-order valence-corrected chi connectivity index (χ4v) is 1.69. The van der Waals surface area contributed by atoms with Gasteiger partial charge in [-0.2, -0.15) is 5.10 Å². The van der Waals surface area contributed by atoms with Gasteiger partial charge in [-0.3, -0.25) is 4.68 Å². The van der Waals surface area contributed by atoms with E-state index in [9.17, 15) is 0 Å². The fraction of sp³-hybridized carbons (Fsp3) is 0.250. The van der Waals surface area contributed by atoms with E-state index in [1.54, 1.807) is 4.68 Å².